The number of aryl methyl sites for hydroxylation is 1. The van der Waals surface area contributed by atoms with Crippen molar-refractivity contribution in [3.05, 3.63) is 46.4 Å². The largest absolute Gasteiger partial charge is 0.368 e. The van der Waals surface area contributed by atoms with Crippen molar-refractivity contribution in [2.45, 2.75) is 32.0 Å². The Hall–Kier alpha value is -1.95. The quantitative estimate of drug-likeness (QED) is 0.812. The standard InChI is InChI=1S/C14H20N4OSi/c1-20(2,11-7-4-3-5-8-11)10-6-9-12-13(19)16-14(15)18-17-12/h3-5,7-8H,6,9-10H2,1-2H3,(H3,15,16,18,19). The summed E-state index contributed by atoms with van der Waals surface area (Å²) in [6.07, 6.45) is 1.58. The highest BCUT2D eigenvalue weighted by Crippen LogP contribution is 2.13. The highest BCUT2D eigenvalue weighted by Gasteiger charge is 2.22. The zero-order valence-corrected chi connectivity index (χ0v) is 12.9. The van der Waals surface area contributed by atoms with Crippen molar-refractivity contribution in [2.24, 2.45) is 0 Å². The van der Waals surface area contributed by atoms with Crippen LogP contribution in [0.3, 0.4) is 0 Å². The van der Waals surface area contributed by atoms with Crippen molar-refractivity contribution in [1.82, 2.24) is 15.2 Å². The van der Waals surface area contributed by atoms with Crippen LogP contribution >= 0.6 is 0 Å². The van der Waals surface area contributed by atoms with Crippen molar-refractivity contribution in [1.29, 1.82) is 0 Å². The highest BCUT2D eigenvalue weighted by atomic mass is 28.3. The highest BCUT2D eigenvalue weighted by molar-refractivity contribution is 6.89. The molecule has 0 bridgehead atoms. The van der Waals surface area contributed by atoms with Crippen LogP contribution in [0.5, 0.6) is 0 Å². The summed E-state index contributed by atoms with van der Waals surface area (Å²) in [7, 11) is -1.45. The van der Waals surface area contributed by atoms with Gasteiger partial charge in [-0.1, -0.05) is 54.7 Å². The minimum atomic E-state index is -1.45. The van der Waals surface area contributed by atoms with E-state index >= 15 is 0 Å². The van der Waals surface area contributed by atoms with Crippen molar-refractivity contribution in [2.75, 3.05) is 5.73 Å². The molecule has 2 rings (SSSR count). The normalized spacial score (nSPS) is 11.5. The van der Waals surface area contributed by atoms with E-state index in [9.17, 15) is 4.79 Å². The van der Waals surface area contributed by atoms with Crippen molar-refractivity contribution < 1.29 is 0 Å². The van der Waals surface area contributed by atoms with Gasteiger partial charge in [-0.3, -0.25) is 9.78 Å². The molecule has 0 aliphatic carbocycles. The van der Waals surface area contributed by atoms with Gasteiger partial charge in [0.1, 0.15) is 5.69 Å². The molecule has 6 heteroatoms. The fourth-order valence-corrected chi connectivity index (χ4v) is 4.71. The zero-order valence-electron chi connectivity index (χ0n) is 11.9. The van der Waals surface area contributed by atoms with Crippen LogP contribution in [-0.2, 0) is 6.42 Å². The maximum Gasteiger partial charge on any atom is 0.274 e. The number of hydrogen-bond acceptors (Lipinski definition) is 4. The molecule has 20 heavy (non-hydrogen) atoms. The van der Waals surface area contributed by atoms with Crippen LogP contribution in [0.25, 0.3) is 0 Å². The first-order valence-corrected chi connectivity index (χ1v) is 9.96. The average molecular weight is 288 g/mol. The van der Waals surface area contributed by atoms with Crippen LogP contribution in [0.2, 0.25) is 19.1 Å². The van der Waals surface area contributed by atoms with E-state index in [0.29, 0.717) is 12.1 Å². The summed E-state index contributed by atoms with van der Waals surface area (Å²) in [5.41, 5.74) is 5.62. The second kappa shape index (κ2) is 6.00. The zero-order chi connectivity index (χ0) is 14.6. The number of aromatic amines is 1. The lowest BCUT2D eigenvalue weighted by atomic mass is 10.3. The van der Waals surface area contributed by atoms with E-state index in [1.54, 1.807) is 0 Å². The number of nitrogen functional groups attached to an aromatic ring is 1. The molecule has 5 nitrogen and oxygen atoms in total. The Kier molecular flexibility index (Phi) is 4.34. The van der Waals surface area contributed by atoms with E-state index < -0.39 is 8.07 Å². The molecule has 0 fully saturated rings. The maximum absolute atomic E-state index is 11.6. The Morgan fingerprint density at radius 2 is 1.90 bits per heavy atom. The van der Waals surface area contributed by atoms with Crippen LogP contribution < -0.4 is 16.5 Å². The summed E-state index contributed by atoms with van der Waals surface area (Å²) in [5.74, 6) is 0.0674. The minimum absolute atomic E-state index is 0.0674. The van der Waals surface area contributed by atoms with Crippen LogP contribution in [0.4, 0.5) is 5.95 Å². The Morgan fingerprint density at radius 1 is 1.20 bits per heavy atom. The molecule has 0 aliphatic rings. The summed E-state index contributed by atoms with van der Waals surface area (Å²) in [5, 5.41) is 9.01. The summed E-state index contributed by atoms with van der Waals surface area (Å²) >= 11 is 0. The summed E-state index contributed by atoms with van der Waals surface area (Å²) < 4.78 is 0. The molecule has 2 aromatic rings. The molecule has 0 saturated carbocycles. The molecular weight excluding hydrogens is 268 g/mol. The first kappa shape index (κ1) is 14.5. The van der Waals surface area contributed by atoms with Gasteiger partial charge in [0.05, 0.1) is 8.07 Å². The molecule has 1 aromatic carbocycles. The Bertz CT molecular complexity index is 625. The molecule has 1 heterocycles. The van der Waals surface area contributed by atoms with Gasteiger partial charge in [-0.2, -0.15) is 0 Å². The van der Waals surface area contributed by atoms with E-state index in [1.807, 2.05) is 6.07 Å². The lowest BCUT2D eigenvalue weighted by Crippen LogP contribution is -2.41. The number of anilines is 1. The van der Waals surface area contributed by atoms with E-state index in [4.69, 9.17) is 5.73 Å². The van der Waals surface area contributed by atoms with Gasteiger partial charge < -0.3 is 5.73 Å². The second-order valence-corrected chi connectivity index (χ2v) is 10.4. The van der Waals surface area contributed by atoms with E-state index in [-0.39, 0.29) is 11.5 Å². The van der Waals surface area contributed by atoms with E-state index in [0.717, 1.165) is 12.5 Å². The van der Waals surface area contributed by atoms with Gasteiger partial charge >= 0.3 is 0 Å². The van der Waals surface area contributed by atoms with E-state index in [1.165, 1.54) is 5.19 Å². The molecule has 0 radical (unpaired) electrons. The Morgan fingerprint density at radius 3 is 2.55 bits per heavy atom. The Balaban J connectivity index is 1.97. The average Bonchev–Trinajstić information content (AvgIpc) is 2.42. The summed E-state index contributed by atoms with van der Waals surface area (Å²) in [4.78, 5) is 14.1. The topological polar surface area (TPSA) is 84.7 Å². The summed E-state index contributed by atoms with van der Waals surface area (Å²) in [6, 6.07) is 11.7. The number of nitrogens with two attached hydrogens (primary N) is 1. The van der Waals surface area contributed by atoms with Crippen molar-refractivity contribution in [3.8, 4) is 0 Å². The van der Waals surface area contributed by atoms with Gasteiger partial charge in [0.2, 0.25) is 5.95 Å². The van der Waals surface area contributed by atoms with Crippen molar-refractivity contribution >= 4 is 19.2 Å². The van der Waals surface area contributed by atoms with Gasteiger partial charge in [0.25, 0.3) is 5.56 Å². The number of nitrogens with zero attached hydrogens (tertiary/aromatic N) is 2. The fourth-order valence-electron chi connectivity index (χ4n) is 2.27. The van der Waals surface area contributed by atoms with Gasteiger partial charge in [-0.15, -0.1) is 10.2 Å². The molecule has 0 spiro atoms. The SMILES string of the molecule is C[Si](C)(CCCc1nnc(N)[nH]c1=O)c1ccccc1. The van der Waals surface area contributed by atoms with E-state index in [2.05, 4.69) is 52.5 Å². The molecule has 106 valence electrons. The third kappa shape index (κ3) is 3.54. The number of H-pyrrole nitrogens is 1. The predicted molar refractivity (Wildman–Crippen MR) is 83.8 cm³/mol. The van der Waals surface area contributed by atoms with Gasteiger partial charge in [0, 0.05) is 0 Å². The maximum atomic E-state index is 11.6. The molecule has 0 aliphatic heterocycles. The predicted octanol–water partition coefficient (Wildman–Crippen LogP) is 1.30. The third-order valence-electron chi connectivity index (χ3n) is 3.55. The van der Waals surface area contributed by atoms with Crippen molar-refractivity contribution in [3.63, 3.8) is 0 Å². The number of aromatic nitrogens is 3. The number of nitrogens with one attached hydrogen (secondary N) is 1. The molecule has 0 atom stereocenters. The van der Waals surface area contributed by atoms with Gasteiger partial charge in [-0.05, 0) is 12.8 Å². The van der Waals surface area contributed by atoms with Gasteiger partial charge in [-0.25, -0.2) is 0 Å². The molecule has 0 amide bonds. The number of hydrogen-bond donors (Lipinski definition) is 2. The van der Waals surface area contributed by atoms with Crippen LogP contribution in [-0.4, -0.2) is 23.3 Å². The van der Waals surface area contributed by atoms with Crippen LogP contribution in [0.1, 0.15) is 12.1 Å². The number of rotatable bonds is 5. The smallest absolute Gasteiger partial charge is 0.274 e. The fraction of sp³-hybridized carbons (Fsp3) is 0.357. The lowest BCUT2D eigenvalue weighted by Gasteiger charge is -2.22. The minimum Gasteiger partial charge on any atom is -0.368 e. The summed E-state index contributed by atoms with van der Waals surface area (Å²) in [6.45, 7) is 4.70. The van der Waals surface area contributed by atoms with Gasteiger partial charge in [0.15, 0.2) is 0 Å². The Labute approximate surface area is 119 Å². The van der Waals surface area contributed by atoms with Crippen LogP contribution in [0, 0.1) is 0 Å². The van der Waals surface area contributed by atoms with Crippen LogP contribution in [0.15, 0.2) is 35.1 Å². The molecule has 0 unspecified atom stereocenters. The third-order valence-corrected chi connectivity index (χ3v) is 7.05. The molecule has 0 saturated heterocycles. The number of benzene rings is 1. The molecule has 3 N–H and O–H groups in total. The first-order valence-electron chi connectivity index (χ1n) is 6.76. The lowest BCUT2D eigenvalue weighted by molar-refractivity contribution is 0.798. The monoisotopic (exact) mass is 288 g/mol. The molecule has 1 aromatic heterocycles. The molecular formula is C14H20N4OSi. The second-order valence-electron chi connectivity index (χ2n) is 5.59. The first-order chi connectivity index (χ1) is 9.49.